The van der Waals surface area contributed by atoms with E-state index in [0.29, 0.717) is 18.4 Å². The molecule has 4 rings (SSSR count). The summed E-state index contributed by atoms with van der Waals surface area (Å²) in [6.45, 7) is 0.444. The summed E-state index contributed by atoms with van der Waals surface area (Å²) < 4.78 is 16.4. The molecule has 0 aromatic heterocycles. The minimum Gasteiger partial charge on any atom is -0.457 e. The van der Waals surface area contributed by atoms with Crippen LogP contribution < -0.4 is 0 Å². The number of methoxy groups -OCH3 is 2. The largest absolute Gasteiger partial charge is 0.457 e. The normalized spacial score (nSPS) is 28.9. The molecule has 0 unspecified atom stereocenters. The number of rotatable bonds is 4. The van der Waals surface area contributed by atoms with Crippen LogP contribution in [0.2, 0.25) is 0 Å². The van der Waals surface area contributed by atoms with Crippen molar-refractivity contribution in [1.82, 2.24) is 9.80 Å². The van der Waals surface area contributed by atoms with Crippen LogP contribution >= 0.6 is 0 Å². The van der Waals surface area contributed by atoms with E-state index in [4.69, 9.17) is 14.2 Å². The molecule has 1 aromatic rings. The molecule has 3 aliphatic rings. The zero-order valence-corrected chi connectivity index (χ0v) is 15.3. The maximum absolute atomic E-state index is 12.9. The topological polar surface area (TPSA) is 85.4 Å². The number of amides is 2. The van der Waals surface area contributed by atoms with Gasteiger partial charge in [0.05, 0.1) is 18.7 Å². The number of hydrogen-bond acceptors (Lipinski definition) is 6. The van der Waals surface area contributed by atoms with Gasteiger partial charge in [0.1, 0.15) is 18.2 Å². The Hall–Kier alpha value is -2.45. The molecule has 0 radical (unpaired) electrons. The number of carbonyl (C=O) groups is 3. The second kappa shape index (κ2) is 6.61. The predicted octanol–water partition coefficient (Wildman–Crippen LogP) is 0.417. The summed E-state index contributed by atoms with van der Waals surface area (Å²) in [7, 11) is 3.02. The minimum absolute atomic E-state index is 0.145. The number of carbonyl (C=O) groups excluding carboxylic acids is 3. The van der Waals surface area contributed by atoms with Gasteiger partial charge in [-0.15, -0.1) is 0 Å². The first-order valence-electron chi connectivity index (χ1n) is 8.95. The molecule has 144 valence electrons. The van der Waals surface area contributed by atoms with E-state index < -0.39 is 29.9 Å². The van der Waals surface area contributed by atoms with E-state index in [2.05, 4.69) is 0 Å². The van der Waals surface area contributed by atoms with Gasteiger partial charge in [0.15, 0.2) is 5.79 Å². The Morgan fingerprint density at radius 1 is 1.04 bits per heavy atom. The Morgan fingerprint density at radius 3 is 2.37 bits per heavy atom. The van der Waals surface area contributed by atoms with Gasteiger partial charge in [-0.05, 0) is 12.1 Å². The number of benzene rings is 1. The first-order valence-corrected chi connectivity index (χ1v) is 8.95. The molecule has 3 saturated heterocycles. The molecule has 3 atom stereocenters. The Labute approximate surface area is 157 Å². The van der Waals surface area contributed by atoms with Crippen LogP contribution in [0.15, 0.2) is 30.3 Å². The van der Waals surface area contributed by atoms with Crippen molar-refractivity contribution in [2.75, 3.05) is 27.3 Å². The molecule has 8 nitrogen and oxygen atoms in total. The molecule has 3 aliphatic heterocycles. The maximum atomic E-state index is 12.9. The van der Waals surface area contributed by atoms with E-state index in [-0.39, 0.29) is 24.9 Å². The van der Waals surface area contributed by atoms with Crippen LogP contribution in [0.4, 0.5) is 0 Å². The van der Waals surface area contributed by atoms with Gasteiger partial charge in [-0.2, -0.15) is 0 Å². The van der Waals surface area contributed by atoms with Crippen molar-refractivity contribution in [1.29, 1.82) is 0 Å². The summed E-state index contributed by atoms with van der Waals surface area (Å²) in [5.41, 5.74) is 0.450. The Kier molecular flexibility index (Phi) is 4.39. The molecule has 0 saturated carbocycles. The third-order valence-corrected chi connectivity index (χ3v) is 5.72. The molecule has 0 spiro atoms. The molecule has 1 aromatic carbocycles. The van der Waals surface area contributed by atoms with Crippen molar-refractivity contribution in [3.63, 3.8) is 0 Å². The lowest BCUT2D eigenvalue weighted by atomic mass is 10.1. The van der Waals surface area contributed by atoms with Crippen molar-refractivity contribution >= 4 is 17.8 Å². The first kappa shape index (κ1) is 17.9. The van der Waals surface area contributed by atoms with Crippen LogP contribution in [0.25, 0.3) is 0 Å². The Balaban J connectivity index is 1.48. The highest BCUT2D eigenvalue weighted by atomic mass is 16.7. The molecule has 8 heteroatoms. The molecule has 2 amide bonds. The summed E-state index contributed by atoms with van der Waals surface area (Å²) in [4.78, 5) is 41.2. The molecule has 0 N–H and O–H groups in total. The van der Waals surface area contributed by atoms with Gasteiger partial charge in [-0.25, -0.2) is 4.79 Å². The molecule has 3 heterocycles. The lowest BCUT2D eigenvalue weighted by Gasteiger charge is -2.37. The van der Waals surface area contributed by atoms with Crippen LogP contribution in [-0.2, 0) is 23.8 Å². The van der Waals surface area contributed by atoms with E-state index >= 15 is 0 Å². The monoisotopic (exact) mass is 374 g/mol. The second-order valence-corrected chi connectivity index (χ2v) is 7.14. The molecule has 0 bridgehead atoms. The predicted molar refractivity (Wildman–Crippen MR) is 92.6 cm³/mol. The quantitative estimate of drug-likeness (QED) is 0.561. The maximum Gasteiger partial charge on any atom is 0.338 e. The van der Waals surface area contributed by atoms with Crippen molar-refractivity contribution in [3.8, 4) is 0 Å². The fourth-order valence-electron chi connectivity index (χ4n) is 4.21. The zero-order valence-electron chi connectivity index (χ0n) is 15.3. The third kappa shape index (κ3) is 2.89. The lowest BCUT2D eigenvalue weighted by Crippen LogP contribution is -2.60. The Bertz CT molecular complexity index is 729. The average Bonchev–Trinajstić information content (AvgIpc) is 3.30. The van der Waals surface area contributed by atoms with Crippen molar-refractivity contribution < 1.29 is 28.6 Å². The summed E-state index contributed by atoms with van der Waals surface area (Å²) in [5, 5.41) is 0. The standard InChI is InChI=1S/C19H22N2O6/c1-25-19(26-2)9-15-17(23)20-10-13(8-14(20)16(22)21(15)11-19)27-18(24)12-6-4-3-5-7-12/h3-7,13-15H,8-11H2,1-2H3/t13-,14-,15-/m0/s1. The average molecular weight is 374 g/mol. The highest BCUT2D eigenvalue weighted by molar-refractivity contribution is 5.98. The fraction of sp³-hybridized carbons (Fsp3) is 0.526. The number of hydrogen-bond donors (Lipinski definition) is 0. The molecular weight excluding hydrogens is 352 g/mol. The molecule has 27 heavy (non-hydrogen) atoms. The van der Waals surface area contributed by atoms with Crippen LogP contribution in [0, 0.1) is 0 Å². The van der Waals surface area contributed by atoms with Gasteiger partial charge in [-0.1, -0.05) is 18.2 Å². The number of esters is 1. The molecular formula is C19H22N2O6. The van der Waals surface area contributed by atoms with Gasteiger partial charge >= 0.3 is 5.97 Å². The summed E-state index contributed by atoms with van der Waals surface area (Å²) in [6.07, 6.45) is 0.104. The third-order valence-electron chi connectivity index (χ3n) is 5.72. The zero-order chi connectivity index (χ0) is 19.2. The van der Waals surface area contributed by atoms with E-state index in [0.717, 1.165) is 0 Å². The fourth-order valence-corrected chi connectivity index (χ4v) is 4.21. The van der Waals surface area contributed by atoms with Crippen LogP contribution in [0.3, 0.4) is 0 Å². The van der Waals surface area contributed by atoms with Gasteiger partial charge < -0.3 is 24.0 Å². The van der Waals surface area contributed by atoms with Gasteiger partial charge in [0, 0.05) is 27.1 Å². The molecule has 3 fully saturated rings. The van der Waals surface area contributed by atoms with E-state index in [1.54, 1.807) is 24.3 Å². The minimum atomic E-state index is -0.949. The smallest absolute Gasteiger partial charge is 0.338 e. The van der Waals surface area contributed by atoms with Crippen molar-refractivity contribution in [2.45, 2.75) is 36.8 Å². The number of ether oxygens (including phenoxy) is 3. The van der Waals surface area contributed by atoms with Gasteiger partial charge in [-0.3, -0.25) is 9.59 Å². The SMILES string of the molecule is COC1(OC)C[C@H]2C(=O)N3C[C@@H](OC(=O)c4ccccc4)C[C@H]3C(=O)N2C1. The number of nitrogens with zero attached hydrogens (tertiary/aromatic N) is 2. The molecule has 0 aliphatic carbocycles. The lowest BCUT2D eigenvalue weighted by molar-refractivity contribution is -0.196. The Morgan fingerprint density at radius 2 is 1.70 bits per heavy atom. The number of piperazine rings is 1. The van der Waals surface area contributed by atoms with Gasteiger partial charge in [0.2, 0.25) is 11.8 Å². The van der Waals surface area contributed by atoms with E-state index in [1.807, 2.05) is 6.07 Å². The number of fused-ring (bicyclic) bond motifs is 2. The summed E-state index contributed by atoms with van der Waals surface area (Å²) >= 11 is 0. The van der Waals surface area contributed by atoms with E-state index in [1.165, 1.54) is 24.0 Å². The first-order chi connectivity index (χ1) is 13.0. The van der Waals surface area contributed by atoms with Crippen molar-refractivity contribution in [3.05, 3.63) is 35.9 Å². The van der Waals surface area contributed by atoms with Crippen molar-refractivity contribution in [2.24, 2.45) is 0 Å². The van der Waals surface area contributed by atoms with Gasteiger partial charge in [0.25, 0.3) is 0 Å². The van der Waals surface area contributed by atoms with Crippen LogP contribution in [0.1, 0.15) is 23.2 Å². The highest BCUT2D eigenvalue weighted by Gasteiger charge is 2.58. The second-order valence-electron chi connectivity index (χ2n) is 7.14. The summed E-state index contributed by atoms with van der Waals surface area (Å²) in [6, 6.07) is 7.47. The van der Waals surface area contributed by atoms with E-state index in [9.17, 15) is 14.4 Å². The van der Waals surface area contributed by atoms with Crippen LogP contribution in [0.5, 0.6) is 0 Å². The summed E-state index contributed by atoms with van der Waals surface area (Å²) in [5.74, 6) is -1.68. The van der Waals surface area contributed by atoms with Crippen LogP contribution in [-0.4, -0.2) is 78.9 Å². The highest BCUT2D eigenvalue weighted by Crippen LogP contribution is 2.38.